The minimum absolute atomic E-state index is 0.145. The fourth-order valence-corrected chi connectivity index (χ4v) is 5.90. The molecule has 0 aromatic rings. The lowest BCUT2D eigenvalue weighted by Gasteiger charge is -2.50. The summed E-state index contributed by atoms with van der Waals surface area (Å²) in [5, 5.41) is 0. The Balaban J connectivity index is 1.58. The van der Waals surface area contributed by atoms with Crippen LogP contribution in [-0.4, -0.2) is 22.2 Å². The average Bonchev–Trinajstić information content (AvgIpc) is 2.60. The number of hydrogen-bond acceptors (Lipinski definition) is 2. The van der Waals surface area contributed by atoms with Gasteiger partial charge in [0.15, 0.2) is 5.79 Å². The number of fused-ring (bicyclic) bond motifs is 4. The largest absolute Gasteiger partial charge is 0.347 e. The molecule has 3 saturated carbocycles. The molecule has 0 aromatic carbocycles. The fraction of sp³-hybridized carbons (Fsp3) is 1.00. The molecule has 0 radical (unpaired) electrons. The number of rotatable bonds is 0. The van der Waals surface area contributed by atoms with Gasteiger partial charge in [0.1, 0.15) is 0 Å². The Labute approximate surface area is 100.0 Å². The van der Waals surface area contributed by atoms with E-state index in [1.54, 1.807) is 0 Å². The van der Waals surface area contributed by atoms with E-state index in [0.717, 1.165) is 37.4 Å². The van der Waals surface area contributed by atoms with Crippen LogP contribution in [0.5, 0.6) is 0 Å². The van der Waals surface area contributed by atoms with Gasteiger partial charge in [-0.25, -0.2) is 0 Å². The van der Waals surface area contributed by atoms with Crippen LogP contribution < -0.4 is 0 Å². The lowest BCUT2D eigenvalue weighted by molar-refractivity contribution is -0.273. The summed E-state index contributed by atoms with van der Waals surface area (Å²) in [4.78, 5) is 0. The van der Waals surface area contributed by atoms with E-state index >= 15 is 0 Å². The maximum atomic E-state index is 5.77. The van der Waals surface area contributed by atoms with Gasteiger partial charge in [0.05, 0.1) is 16.4 Å². The minimum atomic E-state index is -0.145. The summed E-state index contributed by atoms with van der Waals surface area (Å²) in [7, 11) is 0. The molecule has 2 nitrogen and oxygen atoms in total. The van der Waals surface area contributed by atoms with Crippen LogP contribution in [0.3, 0.4) is 0 Å². The van der Waals surface area contributed by atoms with Crippen molar-refractivity contribution in [3.8, 4) is 0 Å². The molecule has 0 aromatic heterocycles. The van der Waals surface area contributed by atoms with Crippen molar-refractivity contribution >= 4 is 31.9 Å². The molecule has 78 valence electrons. The zero-order valence-corrected chi connectivity index (χ0v) is 10.9. The van der Waals surface area contributed by atoms with E-state index in [0.29, 0.717) is 5.92 Å². The van der Waals surface area contributed by atoms with Gasteiger partial charge in [0, 0.05) is 12.3 Å². The monoisotopic (exact) mass is 322 g/mol. The number of alkyl halides is 2. The van der Waals surface area contributed by atoms with Gasteiger partial charge in [-0.2, -0.15) is 0 Å². The minimum Gasteiger partial charge on any atom is -0.347 e. The summed E-state index contributed by atoms with van der Waals surface area (Å²) < 4.78 is 11.8. The van der Waals surface area contributed by atoms with Crippen LogP contribution in [0.15, 0.2) is 0 Å². The SMILES string of the molecule is BrC1(Br)[C@@H]2[C@H]3CC4(OCCO4)[C@H]3C[C@@H]21. The van der Waals surface area contributed by atoms with E-state index in [2.05, 4.69) is 31.9 Å². The van der Waals surface area contributed by atoms with E-state index in [1.165, 1.54) is 6.42 Å². The van der Waals surface area contributed by atoms with E-state index < -0.39 is 0 Å². The van der Waals surface area contributed by atoms with E-state index in [9.17, 15) is 0 Å². The van der Waals surface area contributed by atoms with Gasteiger partial charge in [-0.1, -0.05) is 31.9 Å². The van der Waals surface area contributed by atoms with Crippen LogP contribution in [0.1, 0.15) is 12.8 Å². The lowest BCUT2D eigenvalue weighted by atomic mass is 9.67. The zero-order chi connectivity index (χ0) is 9.55. The maximum absolute atomic E-state index is 5.77. The highest BCUT2D eigenvalue weighted by molar-refractivity contribution is 9.25. The molecule has 0 unspecified atom stereocenters. The van der Waals surface area contributed by atoms with Crippen molar-refractivity contribution in [2.75, 3.05) is 13.2 Å². The van der Waals surface area contributed by atoms with Crippen LogP contribution >= 0.6 is 31.9 Å². The maximum Gasteiger partial charge on any atom is 0.171 e. The van der Waals surface area contributed by atoms with Crippen molar-refractivity contribution in [1.82, 2.24) is 0 Å². The van der Waals surface area contributed by atoms with Crippen molar-refractivity contribution < 1.29 is 9.47 Å². The van der Waals surface area contributed by atoms with Gasteiger partial charge in [-0.3, -0.25) is 0 Å². The molecule has 1 heterocycles. The third kappa shape index (κ3) is 0.827. The first-order chi connectivity index (χ1) is 6.65. The number of halogens is 2. The summed E-state index contributed by atoms with van der Waals surface area (Å²) in [5.74, 6) is 3.00. The normalized spacial score (nSPS) is 55.3. The van der Waals surface area contributed by atoms with Gasteiger partial charge in [0.25, 0.3) is 0 Å². The molecule has 1 saturated heterocycles. The molecular formula is C10H12Br2O2. The Morgan fingerprint density at radius 2 is 1.79 bits per heavy atom. The summed E-state index contributed by atoms with van der Waals surface area (Å²) in [5.41, 5.74) is 0. The smallest absolute Gasteiger partial charge is 0.171 e. The Morgan fingerprint density at radius 1 is 1.07 bits per heavy atom. The molecule has 4 heteroatoms. The second kappa shape index (κ2) is 2.41. The Morgan fingerprint density at radius 3 is 2.43 bits per heavy atom. The molecule has 3 aliphatic carbocycles. The standard InChI is InChI=1S/C10H12Br2O2/c11-10(12)7-3-6-5(8(7)10)4-9(6)13-1-2-14-9/h5-8H,1-4H2/t5-,6-,7-,8+/m0/s1. The summed E-state index contributed by atoms with van der Waals surface area (Å²) in [6, 6.07) is 0. The highest BCUT2D eigenvalue weighted by Crippen LogP contribution is 2.79. The molecular weight excluding hydrogens is 312 g/mol. The predicted molar refractivity (Wildman–Crippen MR) is 58.4 cm³/mol. The molecule has 4 atom stereocenters. The highest BCUT2D eigenvalue weighted by atomic mass is 79.9. The van der Waals surface area contributed by atoms with Crippen LogP contribution in [0.25, 0.3) is 0 Å². The molecule has 0 bridgehead atoms. The Kier molecular flexibility index (Phi) is 1.55. The quantitative estimate of drug-likeness (QED) is 0.638. The first-order valence-corrected chi connectivity index (χ1v) is 6.89. The van der Waals surface area contributed by atoms with Crippen LogP contribution in [0.2, 0.25) is 0 Å². The zero-order valence-electron chi connectivity index (χ0n) is 7.71. The second-order valence-corrected chi connectivity index (χ2v) is 8.71. The van der Waals surface area contributed by atoms with E-state index in [1.807, 2.05) is 0 Å². The topological polar surface area (TPSA) is 18.5 Å². The lowest BCUT2D eigenvalue weighted by Crippen LogP contribution is -2.54. The van der Waals surface area contributed by atoms with Gasteiger partial charge in [-0.05, 0) is 24.2 Å². The third-order valence-electron chi connectivity index (χ3n) is 4.61. The molecule has 4 fully saturated rings. The summed E-state index contributed by atoms with van der Waals surface area (Å²) >= 11 is 7.53. The van der Waals surface area contributed by atoms with E-state index in [4.69, 9.17) is 9.47 Å². The van der Waals surface area contributed by atoms with Gasteiger partial charge >= 0.3 is 0 Å². The third-order valence-corrected chi connectivity index (χ3v) is 6.84. The van der Waals surface area contributed by atoms with Gasteiger partial charge in [0.2, 0.25) is 0 Å². The van der Waals surface area contributed by atoms with Crippen molar-refractivity contribution in [2.45, 2.75) is 21.9 Å². The van der Waals surface area contributed by atoms with Gasteiger partial charge < -0.3 is 9.47 Å². The molecule has 1 spiro atoms. The fourth-order valence-electron chi connectivity index (χ4n) is 3.90. The number of hydrogen-bond donors (Lipinski definition) is 0. The Hall–Kier alpha value is 0.880. The molecule has 4 rings (SSSR count). The Bertz CT molecular complexity index is 298. The number of ether oxygens (including phenoxy) is 2. The first kappa shape index (κ1) is 8.97. The molecule has 0 N–H and O–H groups in total. The van der Waals surface area contributed by atoms with Gasteiger partial charge in [-0.15, -0.1) is 0 Å². The highest BCUT2D eigenvalue weighted by Gasteiger charge is 2.78. The van der Waals surface area contributed by atoms with Crippen molar-refractivity contribution in [3.63, 3.8) is 0 Å². The van der Waals surface area contributed by atoms with Crippen LogP contribution in [-0.2, 0) is 9.47 Å². The van der Waals surface area contributed by atoms with Crippen LogP contribution in [0, 0.1) is 23.7 Å². The molecule has 1 aliphatic heterocycles. The van der Waals surface area contributed by atoms with Crippen molar-refractivity contribution in [1.29, 1.82) is 0 Å². The predicted octanol–water partition coefficient (Wildman–Crippen LogP) is 2.50. The molecule has 14 heavy (non-hydrogen) atoms. The van der Waals surface area contributed by atoms with E-state index in [-0.39, 0.29) is 9.02 Å². The summed E-state index contributed by atoms with van der Waals surface area (Å²) in [6.45, 7) is 1.60. The average molecular weight is 324 g/mol. The van der Waals surface area contributed by atoms with Crippen LogP contribution in [0.4, 0.5) is 0 Å². The van der Waals surface area contributed by atoms with Crippen molar-refractivity contribution in [2.24, 2.45) is 23.7 Å². The van der Waals surface area contributed by atoms with Crippen molar-refractivity contribution in [3.05, 3.63) is 0 Å². The summed E-state index contributed by atoms with van der Waals surface area (Å²) in [6.07, 6.45) is 2.39. The molecule has 4 aliphatic rings. The second-order valence-electron chi connectivity index (χ2n) is 5.03. The first-order valence-electron chi connectivity index (χ1n) is 5.31. The molecule has 0 amide bonds.